The highest BCUT2D eigenvalue weighted by Crippen LogP contribution is 2.34. The molecule has 2 aromatic carbocycles. The normalized spacial score (nSPS) is 18.9. The van der Waals surface area contributed by atoms with Crippen LogP contribution in [0.4, 0.5) is 0 Å². The number of sulfonamides is 1. The van der Waals surface area contributed by atoms with Crippen LogP contribution in [0.15, 0.2) is 53.4 Å². The van der Waals surface area contributed by atoms with Gasteiger partial charge in [0.2, 0.25) is 10.0 Å². The van der Waals surface area contributed by atoms with E-state index in [4.69, 9.17) is 9.72 Å². The van der Waals surface area contributed by atoms with Gasteiger partial charge in [-0.1, -0.05) is 12.1 Å². The summed E-state index contributed by atoms with van der Waals surface area (Å²) in [6.45, 7) is 1.03. The second kappa shape index (κ2) is 6.98. The second-order valence-electron chi connectivity index (χ2n) is 6.40. The van der Waals surface area contributed by atoms with Crippen molar-refractivity contribution in [2.24, 2.45) is 0 Å². The van der Waals surface area contributed by atoms with Gasteiger partial charge in [0.25, 0.3) is 0 Å². The Kier molecular flexibility index (Phi) is 4.69. The zero-order chi connectivity index (χ0) is 18.1. The predicted molar refractivity (Wildman–Crippen MR) is 103 cm³/mol. The van der Waals surface area contributed by atoms with Gasteiger partial charge in [0.05, 0.1) is 27.2 Å². The van der Waals surface area contributed by atoms with Gasteiger partial charge in [-0.15, -0.1) is 11.3 Å². The Morgan fingerprint density at radius 2 is 1.92 bits per heavy atom. The van der Waals surface area contributed by atoms with Crippen molar-refractivity contribution in [2.45, 2.75) is 23.7 Å². The Labute approximate surface area is 157 Å². The average molecular weight is 389 g/mol. The number of fused-ring (bicyclic) bond motifs is 1. The van der Waals surface area contributed by atoms with Gasteiger partial charge in [0, 0.05) is 19.0 Å². The number of aromatic nitrogens is 1. The molecule has 2 heterocycles. The minimum atomic E-state index is -3.50. The van der Waals surface area contributed by atoms with E-state index in [2.05, 4.69) is 6.07 Å². The summed E-state index contributed by atoms with van der Waals surface area (Å²) < 4.78 is 33.9. The summed E-state index contributed by atoms with van der Waals surface area (Å²) in [5.41, 5.74) is 0.989. The molecule has 1 atom stereocenters. The quantitative estimate of drug-likeness (QED) is 0.681. The van der Waals surface area contributed by atoms with Gasteiger partial charge in [-0.2, -0.15) is 4.31 Å². The van der Waals surface area contributed by atoms with Crippen LogP contribution in [0.2, 0.25) is 0 Å². The molecule has 26 heavy (non-hydrogen) atoms. The van der Waals surface area contributed by atoms with Crippen LogP contribution in [0.5, 0.6) is 5.75 Å². The number of ether oxygens (including phenoxy) is 1. The van der Waals surface area contributed by atoms with E-state index in [1.165, 1.54) is 0 Å². The van der Waals surface area contributed by atoms with Crippen LogP contribution >= 0.6 is 11.3 Å². The molecule has 0 N–H and O–H groups in total. The molecule has 0 radical (unpaired) electrons. The van der Waals surface area contributed by atoms with E-state index in [-0.39, 0.29) is 5.92 Å². The Morgan fingerprint density at radius 3 is 2.65 bits per heavy atom. The van der Waals surface area contributed by atoms with Crippen LogP contribution in [0.3, 0.4) is 0 Å². The summed E-state index contributed by atoms with van der Waals surface area (Å²) in [6, 6.07) is 14.6. The minimum Gasteiger partial charge on any atom is -0.497 e. The smallest absolute Gasteiger partial charge is 0.243 e. The van der Waals surface area contributed by atoms with Gasteiger partial charge in [-0.3, -0.25) is 0 Å². The molecule has 1 aromatic heterocycles. The van der Waals surface area contributed by atoms with Crippen LogP contribution in [0.1, 0.15) is 23.8 Å². The topological polar surface area (TPSA) is 59.5 Å². The zero-order valence-electron chi connectivity index (χ0n) is 14.5. The van der Waals surface area contributed by atoms with Crippen molar-refractivity contribution in [1.82, 2.24) is 9.29 Å². The van der Waals surface area contributed by atoms with Crippen LogP contribution in [0.25, 0.3) is 10.2 Å². The number of methoxy groups -OCH3 is 1. The fraction of sp³-hybridized carbons (Fsp3) is 0.316. The molecule has 1 fully saturated rings. The van der Waals surface area contributed by atoms with Gasteiger partial charge in [0.1, 0.15) is 5.75 Å². The molecule has 0 spiro atoms. The van der Waals surface area contributed by atoms with Gasteiger partial charge < -0.3 is 4.74 Å². The standard InChI is InChI=1S/C19H20N2O3S2/c1-24-15-8-10-16(11-9-15)26(22,23)21-12-4-5-14(13-21)19-20-17-6-2-3-7-18(17)25-19/h2-3,6-11,14H,4-5,12-13H2,1H3/t14-/m0/s1. The average Bonchev–Trinajstić information content (AvgIpc) is 3.12. The monoisotopic (exact) mass is 388 g/mol. The van der Waals surface area contributed by atoms with E-state index in [1.54, 1.807) is 47.0 Å². The first-order valence-corrected chi connectivity index (χ1v) is 10.8. The highest BCUT2D eigenvalue weighted by atomic mass is 32.2. The van der Waals surface area contributed by atoms with E-state index in [1.807, 2.05) is 18.2 Å². The molecular weight excluding hydrogens is 368 g/mol. The largest absolute Gasteiger partial charge is 0.497 e. The van der Waals surface area contributed by atoms with Gasteiger partial charge >= 0.3 is 0 Å². The summed E-state index contributed by atoms with van der Waals surface area (Å²) in [6.07, 6.45) is 1.81. The van der Waals surface area contributed by atoms with Crippen molar-refractivity contribution >= 4 is 31.6 Å². The molecule has 0 saturated carbocycles. The fourth-order valence-corrected chi connectivity index (χ4v) is 5.94. The summed E-state index contributed by atoms with van der Waals surface area (Å²) in [4.78, 5) is 5.04. The number of thiazole rings is 1. The van der Waals surface area contributed by atoms with Crippen molar-refractivity contribution in [3.05, 3.63) is 53.5 Å². The van der Waals surface area contributed by atoms with Crippen LogP contribution in [0, 0.1) is 0 Å². The Morgan fingerprint density at radius 1 is 1.15 bits per heavy atom. The SMILES string of the molecule is COc1ccc(S(=O)(=O)N2CCC[C@H](c3nc4ccccc4s3)C2)cc1. The summed E-state index contributed by atoms with van der Waals surface area (Å²) in [7, 11) is -1.94. The first-order chi connectivity index (χ1) is 12.6. The molecule has 1 aliphatic rings. The molecule has 4 rings (SSSR count). The van der Waals surface area contributed by atoms with E-state index >= 15 is 0 Å². The number of para-hydroxylation sites is 1. The summed E-state index contributed by atoms with van der Waals surface area (Å²) in [5, 5.41) is 1.03. The first kappa shape index (κ1) is 17.5. The minimum absolute atomic E-state index is 0.147. The third kappa shape index (κ3) is 3.22. The Hall–Kier alpha value is -1.96. The van der Waals surface area contributed by atoms with Crippen molar-refractivity contribution in [1.29, 1.82) is 0 Å². The highest BCUT2D eigenvalue weighted by Gasteiger charge is 2.32. The third-order valence-corrected chi connectivity index (χ3v) is 7.82. The van der Waals surface area contributed by atoms with Gasteiger partial charge in [-0.05, 0) is 49.2 Å². The lowest BCUT2D eigenvalue weighted by atomic mass is 10.0. The van der Waals surface area contributed by atoms with Crippen LogP contribution in [-0.4, -0.2) is 37.9 Å². The van der Waals surface area contributed by atoms with Gasteiger partial charge in [0.15, 0.2) is 0 Å². The second-order valence-corrected chi connectivity index (χ2v) is 9.40. The van der Waals surface area contributed by atoms with Crippen molar-refractivity contribution < 1.29 is 13.2 Å². The lowest BCUT2D eigenvalue weighted by molar-refractivity contribution is 0.315. The maximum Gasteiger partial charge on any atom is 0.243 e. The molecule has 3 aromatic rings. The predicted octanol–water partition coefficient (Wildman–Crippen LogP) is 3.87. The molecule has 1 aliphatic heterocycles. The maximum atomic E-state index is 13.0. The van der Waals surface area contributed by atoms with E-state index < -0.39 is 10.0 Å². The van der Waals surface area contributed by atoms with E-state index in [0.29, 0.717) is 23.7 Å². The van der Waals surface area contributed by atoms with Crippen LogP contribution in [-0.2, 0) is 10.0 Å². The number of piperidine rings is 1. The number of hydrogen-bond acceptors (Lipinski definition) is 5. The summed E-state index contributed by atoms with van der Waals surface area (Å²) >= 11 is 1.67. The molecular formula is C19H20N2O3S2. The van der Waals surface area contributed by atoms with Crippen molar-refractivity contribution in [2.75, 3.05) is 20.2 Å². The number of benzene rings is 2. The molecule has 1 saturated heterocycles. The first-order valence-electron chi connectivity index (χ1n) is 8.57. The number of rotatable bonds is 4. The summed E-state index contributed by atoms with van der Waals surface area (Å²) in [5.74, 6) is 0.795. The third-order valence-electron chi connectivity index (χ3n) is 4.74. The highest BCUT2D eigenvalue weighted by molar-refractivity contribution is 7.89. The van der Waals surface area contributed by atoms with Crippen molar-refractivity contribution in [3.8, 4) is 5.75 Å². The molecule has 7 heteroatoms. The molecule has 0 amide bonds. The maximum absolute atomic E-state index is 13.0. The molecule has 0 aliphatic carbocycles. The lowest BCUT2D eigenvalue weighted by Gasteiger charge is -2.31. The lowest BCUT2D eigenvalue weighted by Crippen LogP contribution is -2.39. The van der Waals surface area contributed by atoms with Gasteiger partial charge in [-0.25, -0.2) is 13.4 Å². The van der Waals surface area contributed by atoms with Crippen LogP contribution < -0.4 is 4.74 Å². The number of nitrogens with zero attached hydrogens (tertiary/aromatic N) is 2. The zero-order valence-corrected chi connectivity index (χ0v) is 16.1. The fourth-order valence-electron chi connectivity index (χ4n) is 3.32. The Bertz CT molecular complexity index is 980. The molecule has 0 unspecified atom stereocenters. The van der Waals surface area contributed by atoms with Crippen molar-refractivity contribution in [3.63, 3.8) is 0 Å². The molecule has 0 bridgehead atoms. The molecule has 136 valence electrons. The molecule has 5 nitrogen and oxygen atoms in total. The van der Waals surface area contributed by atoms with E-state index in [0.717, 1.165) is 28.1 Å². The van der Waals surface area contributed by atoms with E-state index in [9.17, 15) is 8.42 Å². The number of hydrogen-bond donors (Lipinski definition) is 0. The Balaban J connectivity index is 1.59.